The van der Waals surface area contributed by atoms with Gasteiger partial charge in [-0.05, 0) is 30.5 Å². The van der Waals surface area contributed by atoms with Crippen LogP contribution in [-0.2, 0) is 0 Å². The Morgan fingerprint density at radius 1 is 1.50 bits per heavy atom. The minimum atomic E-state index is -0.0375. The first-order valence-electron chi connectivity index (χ1n) is 6.00. The highest BCUT2D eigenvalue weighted by Gasteiger charge is 2.08. The van der Waals surface area contributed by atoms with Crippen molar-refractivity contribution in [1.29, 1.82) is 0 Å². The number of nitrogens with one attached hydrogen (secondary N) is 1. The molecule has 2 aromatic rings. The molecule has 0 spiro atoms. The molecule has 0 unspecified atom stereocenters. The molecule has 1 amide bonds. The van der Waals surface area contributed by atoms with Gasteiger partial charge in [0.25, 0.3) is 5.91 Å². The van der Waals surface area contributed by atoms with Crippen molar-refractivity contribution >= 4 is 32.6 Å². The fourth-order valence-electron chi connectivity index (χ4n) is 1.66. The Bertz CT molecular complexity index is 562. The molecule has 0 saturated heterocycles. The number of anilines is 1. The van der Waals surface area contributed by atoms with Crippen molar-refractivity contribution in [2.24, 2.45) is 5.92 Å². The molecule has 1 heterocycles. The second kappa shape index (κ2) is 5.35. The number of carbonyl (C=O) groups is 1. The van der Waals surface area contributed by atoms with Gasteiger partial charge in [0.05, 0.1) is 10.2 Å². The summed E-state index contributed by atoms with van der Waals surface area (Å²) in [5, 5.41) is 3.45. The Kier molecular flexibility index (Phi) is 3.81. The lowest BCUT2D eigenvalue weighted by Crippen LogP contribution is -2.25. The van der Waals surface area contributed by atoms with Crippen LogP contribution in [0.15, 0.2) is 18.2 Å². The van der Waals surface area contributed by atoms with E-state index in [2.05, 4.69) is 24.1 Å². The van der Waals surface area contributed by atoms with Crippen LogP contribution < -0.4 is 11.1 Å². The van der Waals surface area contributed by atoms with E-state index >= 15 is 0 Å². The number of nitrogens with zero attached hydrogens (tertiary/aromatic N) is 1. The van der Waals surface area contributed by atoms with E-state index < -0.39 is 0 Å². The number of amides is 1. The van der Waals surface area contributed by atoms with E-state index in [1.165, 1.54) is 11.3 Å². The molecule has 1 aromatic heterocycles. The molecule has 3 N–H and O–H groups in total. The number of thiazole rings is 1. The summed E-state index contributed by atoms with van der Waals surface area (Å²) in [5.74, 6) is 0.554. The van der Waals surface area contributed by atoms with E-state index in [4.69, 9.17) is 5.73 Å². The molecule has 0 atom stereocenters. The predicted octanol–water partition coefficient (Wildman–Crippen LogP) is 2.65. The van der Waals surface area contributed by atoms with Gasteiger partial charge in [0, 0.05) is 12.1 Å². The van der Waals surface area contributed by atoms with Gasteiger partial charge in [-0.3, -0.25) is 4.79 Å². The average Bonchev–Trinajstić information content (AvgIpc) is 2.67. The molecule has 0 fully saturated rings. The van der Waals surface area contributed by atoms with Crippen LogP contribution in [0, 0.1) is 5.92 Å². The van der Waals surface area contributed by atoms with E-state index in [1.54, 1.807) is 6.07 Å². The van der Waals surface area contributed by atoms with E-state index in [1.807, 2.05) is 12.1 Å². The van der Waals surface area contributed by atoms with Crippen LogP contribution in [0.3, 0.4) is 0 Å². The van der Waals surface area contributed by atoms with Crippen molar-refractivity contribution in [3.63, 3.8) is 0 Å². The largest absolute Gasteiger partial charge is 0.375 e. The van der Waals surface area contributed by atoms with Crippen LogP contribution in [0.1, 0.15) is 30.6 Å². The van der Waals surface area contributed by atoms with Gasteiger partial charge >= 0.3 is 0 Å². The Labute approximate surface area is 110 Å². The van der Waals surface area contributed by atoms with Gasteiger partial charge in [0.2, 0.25) is 0 Å². The van der Waals surface area contributed by atoms with E-state index in [-0.39, 0.29) is 5.91 Å². The molecule has 96 valence electrons. The minimum Gasteiger partial charge on any atom is -0.375 e. The summed E-state index contributed by atoms with van der Waals surface area (Å²) in [4.78, 5) is 16.1. The standard InChI is InChI=1S/C13H17N3OS/c1-8(2)5-6-15-12(17)9-3-4-10-11(7-9)18-13(14)16-10/h3-4,7-8H,5-6H2,1-2H3,(H2,14,16)(H,15,17). The second-order valence-corrected chi connectivity index (χ2v) is 5.74. The third-order valence-corrected chi connectivity index (χ3v) is 3.52. The Hall–Kier alpha value is -1.62. The number of nitrogen functional groups attached to an aromatic ring is 1. The van der Waals surface area contributed by atoms with E-state index in [0.717, 1.165) is 16.6 Å². The zero-order valence-corrected chi connectivity index (χ0v) is 11.4. The number of carbonyl (C=O) groups excluding carboxylic acids is 1. The van der Waals surface area contributed by atoms with Gasteiger partial charge in [0.15, 0.2) is 5.13 Å². The van der Waals surface area contributed by atoms with Gasteiger partial charge in [-0.1, -0.05) is 25.2 Å². The van der Waals surface area contributed by atoms with Crippen LogP contribution in [0.2, 0.25) is 0 Å². The van der Waals surface area contributed by atoms with Crippen LogP contribution in [0.25, 0.3) is 10.2 Å². The summed E-state index contributed by atoms with van der Waals surface area (Å²) in [7, 11) is 0. The number of benzene rings is 1. The zero-order valence-electron chi connectivity index (χ0n) is 10.6. The van der Waals surface area contributed by atoms with Gasteiger partial charge in [0.1, 0.15) is 0 Å². The highest BCUT2D eigenvalue weighted by atomic mass is 32.1. The molecule has 1 aromatic carbocycles. The molecular formula is C13H17N3OS. The van der Waals surface area contributed by atoms with Gasteiger partial charge in [-0.15, -0.1) is 0 Å². The highest BCUT2D eigenvalue weighted by Crippen LogP contribution is 2.24. The first-order valence-corrected chi connectivity index (χ1v) is 6.82. The number of rotatable bonds is 4. The quantitative estimate of drug-likeness (QED) is 0.891. The lowest BCUT2D eigenvalue weighted by atomic mass is 10.1. The summed E-state index contributed by atoms with van der Waals surface area (Å²) >= 11 is 1.40. The first kappa shape index (κ1) is 12.8. The summed E-state index contributed by atoms with van der Waals surface area (Å²) < 4.78 is 0.948. The van der Waals surface area contributed by atoms with Crippen molar-refractivity contribution in [1.82, 2.24) is 10.3 Å². The lowest BCUT2D eigenvalue weighted by Gasteiger charge is -2.07. The normalized spacial score (nSPS) is 11.1. The maximum Gasteiger partial charge on any atom is 0.251 e. The number of aromatic nitrogens is 1. The first-order chi connectivity index (χ1) is 8.56. The summed E-state index contributed by atoms with van der Waals surface area (Å²) in [5.41, 5.74) is 7.14. The summed E-state index contributed by atoms with van der Waals surface area (Å²) in [6.45, 7) is 4.98. The number of hydrogen-bond acceptors (Lipinski definition) is 4. The third-order valence-electron chi connectivity index (χ3n) is 2.67. The fraction of sp³-hybridized carbons (Fsp3) is 0.385. The summed E-state index contributed by atoms with van der Waals surface area (Å²) in [6.07, 6.45) is 0.988. The molecule has 5 heteroatoms. The molecule has 18 heavy (non-hydrogen) atoms. The van der Waals surface area contributed by atoms with Crippen molar-refractivity contribution < 1.29 is 4.79 Å². The predicted molar refractivity (Wildman–Crippen MR) is 75.8 cm³/mol. The number of hydrogen-bond donors (Lipinski definition) is 2. The minimum absolute atomic E-state index is 0.0375. The SMILES string of the molecule is CC(C)CCNC(=O)c1ccc2nc(N)sc2c1. The Morgan fingerprint density at radius 2 is 2.28 bits per heavy atom. The maximum absolute atomic E-state index is 11.9. The van der Waals surface area contributed by atoms with Gasteiger partial charge in [-0.2, -0.15) is 0 Å². The number of fused-ring (bicyclic) bond motifs is 1. The van der Waals surface area contributed by atoms with Crippen LogP contribution in [0.4, 0.5) is 5.13 Å². The topological polar surface area (TPSA) is 68.0 Å². The number of nitrogens with two attached hydrogens (primary N) is 1. The Balaban J connectivity index is 2.08. The second-order valence-electron chi connectivity index (χ2n) is 4.67. The lowest BCUT2D eigenvalue weighted by molar-refractivity contribution is 0.0952. The Morgan fingerprint density at radius 3 is 3.00 bits per heavy atom. The zero-order chi connectivity index (χ0) is 13.1. The highest BCUT2D eigenvalue weighted by molar-refractivity contribution is 7.22. The van der Waals surface area contributed by atoms with Crippen molar-refractivity contribution in [2.45, 2.75) is 20.3 Å². The van der Waals surface area contributed by atoms with Crippen molar-refractivity contribution in [3.8, 4) is 0 Å². The fourth-order valence-corrected chi connectivity index (χ4v) is 2.43. The van der Waals surface area contributed by atoms with Crippen LogP contribution in [0.5, 0.6) is 0 Å². The molecule has 0 saturated carbocycles. The molecule has 0 aliphatic carbocycles. The molecule has 0 bridgehead atoms. The molecule has 2 rings (SSSR count). The average molecular weight is 263 g/mol. The van der Waals surface area contributed by atoms with Gasteiger partial charge in [-0.25, -0.2) is 4.98 Å². The van der Waals surface area contributed by atoms with Crippen LogP contribution >= 0.6 is 11.3 Å². The maximum atomic E-state index is 11.9. The molecular weight excluding hydrogens is 246 g/mol. The molecule has 4 nitrogen and oxygen atoms in total. The molecule has 0 radical (unpaired) electrons. The van der Waals surface area contributed by atoms with Gasteiger partial charge < -0.3 is 11.1 Å². The smallest absolute Gasteiger partial charge is 0.251 e. The van der Waals surface area contributed by atoms with Crippen molar-refractivity contribution in [3.05, 3.63) is 23.8 Å². The summed E-state index contributed by atoms with van der Waals surface area (Å²) in [6, 6.07) is 5.46. The van der Waals surface area contributed by atoms with E-state index in [0.29, 0.717) is 23.2 Å². The molecule has 0 aliphatic heterocycles. The molecule has 0 aliphatic rings. The van der Waals surface area contributed by atoms with E-state index in [9.17, 15) is 4.79 Å². The monoisotopic (exact) mass is 263 g/mol. The van der Waals surface area contributed by atoms with Crippen LogP contribution in [-0.4, -0.2) is 17.4 Å². The van der Waals surface area contributed by atoms with Crippen molar-refractivity contribution in [2.75, 3.05) is 12.3 Å². The third kappa shape index (κ3) is 2.98.